The van der Waals surface area contributed by atoms with Gasteiger partial charge < -0.3 is 10.4 Å². The summed E-state index contributed by atoms with van der Waals surface area (Å²) in [6.07, 6.45) is 15.3. The van der Waals surface area contributed by atoms with E-state index in [2.05, 4.69) is 56.3 Å². The number of hydrogen-bond donors (Lipinski definition) is 0. The molecular formula is C21H39NO. The lowest BCUT2D eigenvalue weighted by Gasteiger charge is -2.24. The van der Waals surface area contributed by atoms with Crippen LogP contribution in [0, 0.1) is 0 Å². The summed E-state index contributed by atoms with van der Waals surface area (Å²) >= 11 is 0. The first-order valence-corrected chi connectivity index (χ1v) is 9.44. The molecule has 0 aliphatic rings. The molecule has 0 aliphatic heterocycles. The molecule has 2 heteroatoms. The summed E-state index contributed by atoms with van der Waals surface area (Å²) in [7, 11) is 4.45. The van der Waals surface area contributed by atoms with Gasteiger partial charge in [-0.15, -0.1) is 0 Å². The predicted molar refractivity (Wildman–Crippen MR) is 103 cm³/mol. The lowest BCUT2D eigenvalue weighted by atomic mass is 9.98. The molecule has 0 saturated heterocycles. The summed E-state index contributed by atoms with van der Waals surface area (Å²) in [5, 5.41) is 0. The fraction of sp³-hybridized carbons (Fsp3) is 0.714. The fourth-order valence-electron chi connectivity index (χ4n) is 3.12. The summed E-state index contributed by atoms with van der Waals surface area (Å²) in [5.41, 5.74) is 1.47. The van der Waals surface area contributed by atoms with Gasteiger partial charge in [0.15, 0.2) is 0 Å². The van der Waals surface area contributed by atoms with E-state index in [1.165, 1.54) is 76.2 Å². The largest absolute Gasteiger partial charge is 0.412 e. The van der Waals surface area contributed by atoms with Gasteiger partial charge in [0.25, 0.3) is 0 Å². The van der Waals surface area contributed by atoms with Crippen molar-refractivity contribution in [3.8, 4) is 0 Å². The van der Waals surface area contributed by atoms with Crippen molar-refractivity contribution in [2.75, 3.05) is 14.1 Å². The molecule has 0 aliphatic carbocycles. The van der Waals surface area contributed by atoms with Gasteiger partial charge in [0.1, 0.15) is 0 Å². The van der Waals surface area contributed by atoms with Crippen molar-refractivity contribution >= 4 is 0 Å². The second-order valence-corrected chi connectivity index (χ2v) is 6.92. The van der Waals surface area contributed by atoms with Crippen LogP contribution in [-0.2, 0) is 6.42 Å². The summed E-state index contributed by atoms with van der Waals surface area (Å²) < 4.78 is 0. The predicted octanol–water partition coefficient (Wildman–Crippen LogP) is 5.26. The molecule has 0 heterocycles. The van der Waals surface area contributed by atoms with Gasteiger partial charge >= 0.3 is 0 Å². The van der Waals surface area contributed by atoms with Crippen LogP contribution in [0.5, 0.6) is 0 Å². The molecule has 0 amide bonds. The van der Waals surface area contributed by atoms with Gasteiger partial charge in [-0.05, 0) is 32.5 Å². The molecule has 0 fully saturated rings. The molecule has 134 valence electrons. The summed E-state index contributed by atoms with van der Waals surface area (Å²) in [6.45, 7) is 2.29. The lowest BCUT2D eigenvalue weighted by Crippen LogP contribution is -2.30. The van der Waals surface area contributed by atoms with Gasteiger partial charge in [-0.3, -0.25) is 0 Å². The van der Waals surface area contributed by atoms with Crippen molar-refractivity contribution in [3.63, 3.8) is 0 Å². The van der Waals surface area contributed by atoms with E-state index in [0.29, 0.717) is 6.04 Å². The molecule has 0 saturated carbocycles. The third-order valence-corrected chi connectivity index (χ3v) is 4.69. The molecule has 1 unspecified atom stereocenters. The van der Waals surface area contributed by atoms with E-state index in [1.807, 2.05) is 0 Å². The van der Waals surface area contributed by atoms with E-state index in [1.54, 1.807) is 0 Å². The Morgan fingerprint density at radius 1 is 0.783 bits per heavy atom. The van der Waals surface area contributed by atoms with E-state index < -0.39 is 0 Å². The Hall–Kier alpha value is -0.860. The topological polar surface area (TPSA) is 34.7 Å². The molecule has 2 N–H and O–H groups in total. The standard InChI is InChI=1S/C21H37N.H2O/c1-4-5-6-7-8-9-10-11-15-18-21(22(2)3)19-20-16-13-12-14-17-20;/h12-14,16-17,21H,4-11,15,18-19H2,1-3H3;1H2. The van der Waals surface area contributed by atoms with Crippen molar-refractivity contribution in [1.29, 1.82) is 0 Å². The molecule has 1 aromatic rings. The van der Waals surface area contributed by atoms with Crippen molar-refractivity contribution in [2.24, 2.45) is 0 Å². The summed E-state index contributed by atoms with van der Waals surface area (Å²) in [4.78, 5) is 2.40. The molecule has 23 heavy (non-hydrogen) atoms. The van der Waals surface area contributed by atoms with Crippen LogP contribution in [0.2, 0.25) is 0 Å². The highest BCUT2D eigenvalue weighted by Crippen LogP contribution is 2.15. The Kier molecular flexibility index (Phi) is 14.2. The number of rotatable bonds is 13. The number of nitrogens with zero attached hydrogens (tertiary/aromatic N) is 1. The van der Waals surface area contributed by atoms with E-state index in [4.69, 9.17) is 0 Å². The first-order valence-electron chi connectivity index (χ1n) is 9.44. The second kappa shape index (κ2) is 14.7. The van der Waals surface area contributed by atoms with Crippen molar-refractivity contribution in [3.05, 3.63) is 35.9 Å². The Labute approximate surface area is 144 Å². The molecular weight excluding hydrogens is 282 g/mol. The van der Waals surface area contributed by atoms with Crippen LogP contribution >= 0.6 is 0 Å². The van der Waals surface area contributed by atoms with Gasteiger partial charge in [0, 0.05) is 6.04 Å². The molecule has 0 radical (unpaired) electrons. The Bertz CT molecular complexity index is 350. The Balaban J connectivity index is 0.00000484. The van der Waals surface area contributed by atoms with Crippen molar-refractivity contribution < 1.29 is 5.48 Å². The van der Waals surface area contributed by atoms with Crippen LogP contribution in [0.1, 0.15) is 76.7 Å². The SMILES string of the molecule is CCCCCCCCCCCC(Cc1ccccc1)N(C)C.O. The van der Waals surface area contributed by atoms with Crippen LogP contribution in [0.25, 0.3) is 0 Å². The summed E-state index contributed by atoms with van der Waals surface area (Å²) in [5.74, 6) is 0. The molecule has 1 atom stereocenters. The van der Waals surface area contributed by atoms with Crippen LogP contribution in [0.4, 0.5) is 0 Å². The van der Waals surface area contributed by atoms with Gasteiger partial charge in [-0.1, -0.05) is 95.0 Å². The van der Waals surface area contributed by atoms with Crippen LogP contribution in [0.15, 0.2) is 30.3 Å². The smallest absolute Gasteiger partial charge is 0.0130 e. The third kappa shape index (κ3) is 11.3. The first-order chi connectivity index (χ1) is 10.7. The van der Waals surface area contributed by atoms with E-state index >= 15 is 0 Å². The quantitative estimate of drug-likeness (QED) is 0.457. The highest BCUT2D eigenvalue weighted by atomic mass is 16.0. The molecule has 0 aromatic heterocycles. The van der Waals surface area contributed by atoms with E-state index in [9.17, 15) is 0 Å². The maximum Gasteiger partial charge on any atom is 0.0130 e. The molecule has 1 aromatic carbocycles. The monoisotopic (exact) mass is 321 g/mol. The number of likely N-dealkylation sites (N-methyl/N-ethyl adjacent to an activating group) is 1. The number of hydrogen-bond acceptors (Lipinski definition) is 1. The van der Waals surface area contributed by atoms with E-state index in [-0.39, 0.29) is 5.48 Å². The lowest BCUT2D eigenvalue weighted by molar-refractivity contribution is 0.269. The molecule has 2 nitrogen and oxygen atoms in total. The highest BCUT2D eigenvalue weighted by Gasteiger charge is 2.11. The molecule has 0 bridgehead atoms. The van der Waals surface area contributed by atoms with Gasteiger partial charge in [0.05, 0.1) is 0 Å². The third-order valence-electron chi connectivity index (χ3n) is 4.69. The fourth-order valence-corrected chi connectivity index (χ4v) is 3.12. The minimum atomic E-state index is 0. The maximum absolute atomic E-state index is 2.40. The van der Waals surface area contributed by atoms with Crippen LogP contribution < -0.4 is 0 Å². The maximum atomic E-state index is 2.40. The van der Waals surface area contributed by atoms with Crippen LogP contribution in [-0.4, -0.2) is 30.5 Å². The Morgan fingerprint density at radius 2 is 1.30 bits per heavy atom. The molecule has 0 spiro atoms. The van der Waals surface area contributed by atoms with Gasteiger partial charge in [-0.25, -0.2) is 0 Å². The van der Waals surface area contributed by atoms with Gasteiger partial charge in [-0.2, -0.15) is 0 Å². The zero-order chi connectivity index (χ0) is 16.0. The van der Waals surface area contributed by atoms with Crippen molar-refractivity contribution in [1.82, 2.24) is 4.90 Å². The van der Waals surface area contributed by atoms with Gasteiger partial charge in [0.2, 0.25) is 0 Å². The molecule has 1 rings (SSSR count). The second-order valence-electron chi connectivity index (χ2n) is 6.92. The highest BCUT2D eigenvalue weighted by molar-refractivity contribution is 5.15. The van der Waals surface area contributed by atoms with Crippen LogP contribution in [0.3, 0.4) is 0 Å². The first kappa shape index (κ1) is 22.1. The Morgan fingerprint density at radius 3 is 1.83 bits per heavy atom. The number of benzene rings is 1. The normalized spacial score (nSPS) is 12.2. The minimum absolute atomic E-state index is 0. The average molecular weight is 322 g/mol. The van der Waals surface area contributed by atoms with E-state index in [0.717, 1.165) is 0 Å². The minimum Gasteiger partial charge on any atom is -0.412 e. The average Bonchev–Trinajstić information content (AvgIpc) is 2.53. The van der Waals surface area contributed by atoms with Crippen molar-refractivity contribution in [2.45, 2.75) is 83.6 Å². The zero-order valence-electron chi connectivity index (χ0n) is 15.7. The number of unbranched alkanes of at least 4 members (excludes halogenated alkanes) is 8. The summed E-state index contributed by atoms with van der Waals surface area (Å²) in [6, 6.07) is 11.6. The zero-order valence-corrected chi connectivity index (χ0v) is 15.7.